The van der Waals surface area contributed by atoms with Crippen molar-refractivity contribution in [2.75, 3.05) is 6.61 Å². The lowest BCUT2D eigenvalue weighted by Crippen LogP contribution is -2.31. The minimum atomic E-state index is -0.0289. The standard InChI is InChI=1S/C10H20O.C2H6O/c1-7(2)9-5-4-8(3)6-10(9)11;1-2-3/h7-11H,4-6H2,1-3H3;3H,2H2,1H3. The van der Waals surface area contributed by atoms with Crippen molar-refractivity contribution in [3.05, 3.63) is 0 Å². The first kappa shape index (κ1) is 13.9. The fourth-order valence-corrected chi connectivity index (χ4v) is 2.15. The van der Waals surface area contributed by atoms with Gasteiger partial charge in [0, 0.05) is 6.61 Å². The molecule has 0 radical (unpaired) electrons. The summed E-state index contributed by atoms with van der Waals surface area (Å²) in [6, 6.07) is 0. The van der Waals surface area contributed by atoms with E-state index in [0.717, 1.165) is 12.3 Å². The van der Waals surface area contributed by atoms with Crippen LogP contribution in [0.3, 0.4) is 0 Å². The van der Waals surface area contributed by atoms with E-state index < -0.39 is 0 Å². The van der Waals surface area contributed by atoms with Gasteiger partial charge in [-0.05, 0) is 37.5 Å². The van der Waals surface area contributed by atoms with E-state index in [2.05, 4.69) is 20.8 Å². The second-order valence-corrected chi connectivity index (χ2v) is 4.71. The van der Waals surface area contributed by atoms with Gasteiger partial charge in [-0.15, -0.1) is 0 Å². The molecule has 86 valence electrons. The minimum absolute atomic E-state index is 0.0289. The summed E-state index contributed by atoms with van der Waals surface area (Å²) in [4.78, 5) is 0. The van der Waals surface area contributed by atoms with E-state index in [1.54, 1.807) is 6.92 Å². The molecule has 1 rings (SSSR count). The van der Waals surface area contributed by atoms with Gasteiger partial charge in [0.1, 0.15) is 0 Å². The molecule has 3 atom stereocenters. The SMILES string of the molecule is CC1CCC(C(C)C)C(O)C1.CCO. The van der Waals surface area contributed by atoms with Crippen molar-refractivity contribution in [2.24, 2.45) is 17.8 Å². The molecule has 0 amide bonds. The zero-order chi connectivity index (χ0) is 11.1. The molecule has 0 heterocycles. The van der Waals surface area contributed by atoms with Crippen molar-refractivity contribution in [3.63, 3.8) is 0 Å². The number of aliphatic hydroxyl groups excluding tert-OH is 2. The van der Waals surface area contributed by atoms with Gasteiger partial charge < -0.3 is 10.2 Å². The van der Waals surface area contributed by atoms with Crippen LogP contribution in [0.2, 0.25) is 0 Å². The second-order valence-electron chi connectivity index (χ2n) is 4.71. The Balaban J connectivity index is 0.000000500. The summed E-state index contributed by atoms with van der Waals surface area (Å²) >= 11 is 0. The topological polar surface area (TPSA) is 40.5 Å². The maximum atomic E-state index is 9.71. The fraction of sp³-hybridized carbons (Fsp3) is 1.00. The number of aliphatic hydroxyl groups is 2. The second kappa shape index (κ2) is 7.24. The summed E-state index contributed by atoms with van der Waals surface area (Å²) < 4.78 is 0. The van der Waals surface area contributed by atoms with E-state index in [9.17, 15) is 5.11 Å². The zero-order valence-electron chi connectivity index (χ0n) is 10.0. The van der Waals surface area contributed by atoms with Gasteiger partial charge in [0.25, 0.3) is 0 Å². The summed E-state index contributed by atoms with van der Waals surface area (Å²) in [5, 5.41) is 17.3. The average Bonchev–Trinajstić information content (AvgIpc) is 2.04. The molecule has 0 aromatic carbocycles. The van der Waals surface area contributed by atoms with E-state index in [0.29, 0.717) is 11.8 Å². The third-order valence-corrected chi connectivity index (χ3v) is 2.99. The van der Waals surface area contributed by atoms with E-state index >= 15 is 0 Å². The largest absolute Gasteiger partial charge is 0.397 e. The molecule has 0 saturated heterocycles. The Labute approximate surface area is 88.3 Å². The molecule has 1 aliphatic carbocycles. The summed E-state index contributed by atoms with van der Waals surface area (Å²) in [5.41, 5.74) is 0. The highest BCUT2D eigenvalue weighted by Crippen LogP contribution is 2.33. The number of hydrogen-bond donors (Lipinski definition) is 2. The van der Waals surface area contributed by atoms with Crippen LogP contribution in [0.15, 0.2) is 0 Å². The summed E-state index contributed by atoms with van der Waals surface area (Å²) in [5.74, 6) is 1.95. The smallest absolute Gasteiger partial charge is 0.0573 e. The van der Waals surface area contributed by atoms with Gasteiger partial charge in [0.15, 0.2) is 0 Å². The van der Waals surface area contributed by atoms with Gasteiger partial charge >= 0.3 is 0 Å². The third-order valence-electron chi connectivity index (χ3n) is 2.99. The molecule has 0 spiro atoms. The molecule has 0 bridgehead atoms. The molecule has 2 N–H and O–H groups in total. The van der Waals surface area contributed by atoms with Crippen molar-refractivity contribution in [1.82, 2.24) is 0 Å². The molecule has 2 heteroatoms. The molecule has 2 nitrogen and oxygen atoms in total. The first-order valence-electron chi connectivity index (χ1n) is 5.81. The lowest BCUT2D eigenvalue weighted by atomic mass is 9.75. The predicted octanol–water partition coefficient (Wildman–Crippen LogP) is 2.44. The first-order chi connectivity index (χ1) is 6.52. The summed E-state index contributed by atoms with van der Waals surface area (Å²) in [6.07, 6.45) is 3.52. The predicted molar refractivity (Wildman–Crippen MR) is 60.1 cm³/mol. The van der Waals surface area contributed by atoms with E-state index in [1.807, 2.05) is 0 Å². The molecule has 1 fully saturated rings. The molecule has 3 unspecified atom stereocenters. The lowest BCUT2D eigenvalue weighted by Gasteiger charge is -2.33. The van der Waals surface area contributed by atoms with Crippen molar-refractivity contribution in [1.29, 1.82) is 0 Å². The van der Waals surface area contributed by atoms with E-state index in [1.165, 1.54) is 12.8 Å². The molecule has 0 aromatic rings. The van der Waals surface area contributed by atoms with Crippen molar-refractivity contribution in [3.8, 4) is 0 Å². The van der Waals surface area contributed by atoms with Gasteiger partial charge in [0.05, 0.1) is 6.10 Å². The van der Waals surface area contributed by atoms with Gasteiger partial charge in [-0.25, -0.2) is 0 Å². The normalized spacial score (nSPS) is 32.4. The molecular formula is C12H26O2. The maximum absolute atomic E-state index is 9.71. The first-order valence-corrected chi connectivity index (χ1v) is 5.81. The highest BCUT2D eigenvalue weighted by molar-refractivity contribution is 4.79. The van der Waals surface area contributed by atoms with Crippen molar-refractivity contribution < 1.29 is 10.2 Å². The highest BCUT2D eigenvalue weighted by atomic mass is 16.3. The Morgan fingerprint density at radius 3 is 2.14 bits per heavy atom. The van der Waals surface area contributed by atoms with Crippen LogP contribution < -0.4 is 0 Å². The van der Waals surface area contributed by atoms with Crippen molar-refractivity contribution in [2.45, 2.75) is 53.1 Å². The molecule has 1 aliphatic rings. The highest BCUT2D eigenvalue weighted by Gasteiger charge is 2.28. The van der Waals surface area contributed by atoms with Gasteiger partial charge in [-0.2, -0.15) is 0 Å². The van der Waals surface area contributed by atoms with Crippen LogP contribution in [0.4, 0.5) is 0 Å². The quantitative estimate of drug-likeness (QED) is 0.685. The van der Waals surface area contributed by atoms with Crippen LogP contribution in [0.1, 0.15) is 47.0 Å². The van der Waals surface area contributed by atoms with Crippen LogP contribution in [0.25, 0.3) is 0 Å². The summed E-state index contributed by atoms with van der Waals surface area (Å²) in [7, 11) is 0. The Morgan fingerprint density at radius 2 is 1.79 bits per heavy atom. The van der Waals surface area contributed by atoms with Gasteiger partial charge in [-0.1, -0.05) is 27.2 Å². The van der Waals surface area contributed by atoms with Crippen LogP contribution in [-0.2, 0) is 0 Å². The number of hydrogen-bond acceptors (Lipinski definition) is 2. The fourth-order valence-electron chi connectivity index (χ4n) is 2.15. The Morgan fingerprint density at radius 1 is 1.29 bits per heavy atom. The monoisotopic (exact) mass is 202 g/mol. The molecule has 14 heavy (non-hydrogen) atoms. The summed E-state index contributed by atoms with van der Waals surface area (Å²) in [6.45, 7) is 8.59. The van der Waals surface area contributed by atoms with Crippen LogP contribution >= 0.6 is 0 Å². The van der Waals surface area contributed by atoms with Crippen LogP contribution in [0.5, 0.6) is 0 Å². The Hall–Kier alpha value is -0.0800. The zero-order valence-corrected chi connectivity index (χ0v) is 10.0. The molecule has 0 aliphatic heterocycles. The van der Waals surface area contributed by atoms with Gasteiger partial charge in [0.2, 0.25) is 0 Å². The number of rotatable bonds is 1. The van der Waals surface area contributed by atoms with Crippen LogP contribution in [-0.4, -0.2) is 22.9 Å². The Kier molecular flexibility index (Phi) is 7.20. The van der Waals surface area contributed by atoms with E-state index in [-0.39, 0.29) is 12.7 Å². The minimum Gasteiger partial charge on any atom is -0.397 e. The lowest BCUT2D eigenvalue weighted by molar-refractivity contribution is 0.0266. The average molecular weight is 202 g/mol. The molecule has 1 saturated carbocycles. The van der Waals surface area contributed by atoms with Gasteiger partial charge in [-0.3, -0.25) is 0 Å². The third kappa shape index (κ3) is 4.97. The maximum Gasteiger partial charge on any atom is 0.0573 e. The molecule has 0 aromatic heterocycles. The van der Waals surface area contributed by atoms with Crippen molar-refractivity contribution >= 4 is 0 Å². The van der Waals surface area contributed by atoms with E-state index in [4.69, 9.17) is 5.11 Å². The molecular weight excluding hydrogens is 176 g/mol. The van der Waals surface area contributed by atoms with Crippen LogP contribution in [0, 0.1) is 17.8 Å². The Bertz CT molecular complexity index is 134.